The molecule has 41 heavy (non-hydrogen) atoms. The fraction of sp³-hybridized carbons (Fsp3) is 0.179. The van der Waals surface area contributed by atoms with Gasteiger partial charge in [-0.05, 0) is 91.9 Å². The van der Waals surface area contributed by atoms with Crippen LogP contribution in [-0.4, -0.2) is 44.9 Å². The Hall–Kier alpha value is -3.68. The topological polar surface area (TPSA) is 128 Å². The molecule has 0 saturated carbocycles. The van der Waals surface area contributed by atoms with Crippen molar-refractivity contribution in [3.63, 3.8) is 0 Å². The summed E-state index contributed by atoms with van der Waals surface area (Å²) in [6, 6.07) is 14.8. The van der Waals surface area contributed by atoms with Gasteiger partial charge in [-0.2, -0.15) is 8.42 Å². The largest absolute Gasteiger partial charge is 0.493 e. The van der Waals surface area contributed by atoms with Crippen LogP contribution in [0, 0.1) is 0 Å². The summed E-state index contributed by atoms with van der Waals surface area (Å²) in [5.41, 5.74) is 0.651. The average Bonchev–Trinajstić information content (AvgIpc) is 2.95. The smallest absolute Gasteiger partial charge is 0.339 e. The van der Waals surface area contributed by atoms with Crippen LogP contribution in [-0.2, 0) is 26.3 Å². The van der Waals surface area contributed by atoms with Gasteiger partial charge in [0, 0.05) is 0 Å². The highest BCUT2D eigenvalue weighted by molar-refractivity contribution is 9.11. The third-order valence-corrected chi connectivity index (χ3v) is 8.19. The molecule has 1 saturated heterocycles. The van der Waals surface area contributed by atoms with Crippen molar-refractivity contribution in [2.24, 2.45) is 0 Å². The molecule has 0 spiro atoms. The first-order valence-electron chi connectivity index (χ1n) is 12.2. The SMILES string of the molecule is CCCOc1ccc(CN2C(=O)NC(=O)/C(=C\c3cc(Br)c(OS(=O)(=O)c4ccccc4)c(Br)c3)C2=O)cc1OC. The van der Waals surface area contributed by atoms with E-state index in [0.717, 1.165) is 11.3 Å². The third kappa shape index (κ3) is 6.97. The van der Waals surface area contributed by atoms with Gasteiger partial charge in [-0.1, -0.05) is 31.2 Å². The number of urea groups is 1. The average molecular weight is 708 g/mol. The Morgan fingerprint density at radius 1 is 0.951 bits per heavy atom. The van der Waals surface area contributed by atoms with Crippen molar-refractivity contribution < 1.29 is 36.5 Å². The molecular formula is C28H24Br2N2O8S. The van der Waals surface area contributed by atoms with Gasteiger partial charge in [0.15, 0.2) is 17.2 Å². The molecule has 3 aromatic rings. The summed E-state index contributed by atoms with van der Waals surface area (Å²) in [4.78, 5) is 39.4. The maximum Gasteiger partial charge on any atom is 0.339 e. The van der Waals surface area contributed by atoms with E-state index in [2.05, 4.69) is 37.2 Å². The number of imide groups is 2. The van der Waals surface area contributed by atoms with Crippen LogP contribution in [0.3, 0.4) is 0 Å². The number of methoxy groups -OCH3 is 1. The molecule has 10 nitrogen and oxygen atoms in total. The van der Waals surface area contributed by atoms with Gasteiger partial charge in [-0.25, -0.2) is 4.79 Å². The van der Waals surface area contributed by atoms with Crippen molar-refractivity contribution in [1.29, 1.82) is 0 Å². The lowest BCUT2D eigenvalue weighted by Crippen LogP contribution is -2.53. The number of carbonyl (C=O) groups is 3. The second-order valence-electron chi connectivity index (χ2n) is 8.71. The summed E-state index contributed by atoms with van der Waals surface area (Å²) in [6.07, 6.45) is 2.11. The molecule has 4 rings (SSSR count). The lowest BCUT2D eigenvalue weighted by atomic mass is 10.1. The highest BCUT2D eigenvalue weighted by Crippen LogP contribution is 2.37. The van der Waals surface area contributed by atoms with E-state index in [-0.39, 0.29) is 31.7 Å². The predicted molar refractivity (Wildman–Crippen MR) is 157 cm³/mol. The monoisotopic (exact) mass is 706 g/mol. The lowest BCUT2D eigenvalue weighted by molar-refractivity contribution is -0.130. The molecule has 4 amide bonds. The molecule has 0 aliphatic carbocycles. The lowest BCUT2D eigenvalue weighted by Gasteiger charge is -2.26. The van der Waals surface area contributed by atoms with Crippen molar-refractivity contribution in [2.45, 2.75) is 24.8 Å². The van der Waals surface area contributed by atoms with Crippen molar-refractivity contribution >= 4 is 65.9 Å². The second kappa shape index (κ2) is 12.9. The van der Waals surface area contributed by atoms with E-state index in [1.807, 2.05) is 6.92 Å². The van der Waals surface area contributed by atoms with E-state index in [1.165, 1.54) is 37.5 Å². The first-order chi connectivity index (χ1) is 19.5. The molecule has 1 heterocycles. The first-order valence-corrected chi connectivity index (χ1v) is 15.2. The number of hydrogen-bond donors (Lipinski definition) is 1. The number of amides is 4. The Morgan fingerprint density at radius 3 is 2.27 bits per heavy atom. The number of nitrogens with one attached hydrogen (secondary N) is 1. The zero-order valence-corrected chi connectivity index (χ0v) is 25.8. The fourth-order valence-corrected chi connectivity index (χ4v) is 6.40. The zero-order chi connectivity index (χ0) is 29.7. The van der Waals surface area contributed by atoms with Crippen LogP contribution >= 0.6 is 31.9 Å². The van der Waals surface area contributed by atoms with Gasteiger partial charge in [0.05, 0.1) is 29.2 Å². The Kier molecular flexibility index (Phi) is 9.51. The summed E-state index contributed by atoms with van der Waals surface area (Å²) in [7, 11) is -2.64. The maximum atomic E-state index is 13.3. The molecule has 0 atom stereocenters. The molecule has 3 aromatic carbocycles. The van der Waals surface area contributed by atoms with Crippen LogP contribution in [0.15, 0.2) is 80.1 Å². The van der Waals surface area contributed by atoms with Crippen molar-refractivity contribution in [3.8, 4) is 17.2 Å². The number of benzene rings is 3. The molecule has 0 radical (unpaired) electrons. The van der Waals surface area contributed by atoms with Gasteiger partial charge >= 0.3 is 16.1 Å². The van der Waals surface area contributed by atoms with Crippen LogP contribution in [0.5, 0.6) is 17.2 Å². The number of hydrogen-bond acceptors (Lipinski definition) is 8. The molecular weight excluding hydrogens is 684 g/mol. The summed E-state index contributed by atoms with van der Waals surface area (Å²) < 4.78 is 42.2. The van der Waals surface area contributed by atoms with Crippen molar-refractivity contribution in [1.82, 2.24) is 10.2 Å². The third-order valence-electron chi connectivity index (χ3n) is 5.77. The van der Waals surface area contributed by atoms with Gasteiger partial charge in [-0.3, -0.25) is 19.8 Å². The fourth-order valence-electron chi connectivity index (χ4n) is 3.82. The minimum Gasteiger partial charge on any atom is -0.493 e. The molecule has 1 N–H and O–H groups in total. The zero-order valence-electron chi connectivity index (χ0n) is 21.8. The summed E-state index contributed by atoms with van der Waals surface area (Å²) in [5.74, 6) is -0.713. The van der Waals surface area contributed by atoms with Gasteiger partial charge in [0.2, 0.25) is 0 Å². The first kappa shape index (κ1) is 30.3. The molecule has 1 aliphatic heterocycles. The van der Waals surface area contributed by atoms with Gasteiger partial charge < -0.3 is 13.7 Å². The van der Waals surface area contributed by atoms with E-state index in [9.17, 15) is 22.8 Å². The summed E-state index contributed by atoms with van der Waals surface area (Å²) in [6.45, 7) is 2.35. The van der Waals surface area contributed by atoms with Gasteiger partial charge in [-0.15, -0.1) is 0 Å². The minimum absolute atomic E-state index is 0.0208. The summed E-state index contributed by atoms with van der Waals surface area (Å²) in [5, 5.41) is 2.18. The van der Waals surface area contributed by atoms with Crippen molar-refractivity contribution in [2.75, 3.05) is 13.7 Å². The van der Waals surface area contributed by atoms with E-state index < -0.39 is 28.0 Å². The number of nitrogens with zero attached hydrogens (tertiary/aromatic N) is 1. The number of halogens is 2. The Bertz CT molecular complexity index is 1620. The van der Waals surface area contributed by atoms with E-state index in [4.69, 9.17) is 13.7 Å². The van der Waals surface area contributed by atoms with Gasteiger partial charge in [0.1, 0.15) is 10.5 Å². The van der Waals surface area contributed by atoms with Gasteiger partial charge in [0.25, 0.3) is 11.8 Å². The standard InChI is InChI=1S/C28H24Br2N2O8S/c1-3-11-39-23-10-9-17(15-24(23)38-2)16-32-27(34)20(26(33)31-28(32)35)12-18-13-21(29)25(22(30)14-18)40-41(36,37)19-7-5-4-6-8-19/h4-10,12-15H,3,11,16H2,1-2H3,(H,31,33,35)/b20-12+. The molecule has 0 bridgehead atoms. The Morgan fingerprint density at radius 2 is 1.63 bits per heavy atom. The van der Waals surface area contributed by atoms with Crippen LogP contribution in [0.1, 0.15) is 24.5 Å². The normalized spacial score (nSPS) is 14.7. The predicted octanol–water partition coefficient (Wildman–Crippen LogP) is 5.44. The maximum absolute atomic E-state index is 13.3. The number of ether oxygens (including phenoxy) is 2. The number of carbonyl (C=O) groups excluding carboxylic acids is 3. The van der Waals surface area contributed by atoms with Crippen LogP contribution < -0.4 is 19.0 Å². The highest BCUT2D eigenvalue weighted by atomic mass is 79.9. The molecule has 13 heteroatoms. The number of rotatable bonds is 10. The van der Waals surface area contributed by atoms with Crippen LogP contribution in [0.25, 0.3) is 6.08 Å². The Labute approximate surface area is 253 Å². The quantitative estimate of drug-likeness (QED) is 0.168. The number of barbiturate groups is 1. The highest BCUT2D eigenvalue weighted by Gasteiger charge is 2.36. The van der Waals surface area contributed by atoms with Crippen LogP contribution in [0.2, 0.25) is 0 Å². The van der Waals surface area contributed by atoms with Crippen LogP contribution in [0.4, 0.5) is 4.79 Å². The van der Waals surface area contributed by atoms with Crippen molar-refractivity contribution in [3.05, 3.63) is 86.3 Å². The molecule has 0 unspecified atom stereocenters. The molecule has 1 aliphatic rings. The molecule has 1 fully saturated rings. The molecule has 214 valence electrons. The summed E-state index contributed by atoms with van der Waals surface area (Å²) >= 11 is 6.60. The van der Waals surface area contributed by atoms with E-state index >= 15 is 0 Å². The minimum atomic E-state index is -4.13. The second-order valence-corrected chi connectivity index (χ2v) is 12.0. The van der Waals surface area contributed by atoms with E-state index in [0.29, 0.717) is 29.2 Å². The molecule has 0 aromatic heterocycles. The Balaban J connectivity index is 1.59. The van der Waals surface area contributed by atoms with E-state index in [1.54, 1.807) is 36.4 Å².